The van der Waals surface area contributed by atoms with Gasteiger partial charge in [0.1, 0.15) is 0 Å². The molecule has 2 atom stereocenters. The van der Waals surface area contributed by atoms with Gasteiger partial charge in [0.15, 0.2) is 0 Å². The molecule has 0 radical (unpaired) electrons. The lowest BCUT2D eigenvalue weighted by Crippen LogP contribution is -2.32. The number of carbonyl (C=O) groups is 1. The van der Waals surface area contributed by atoms with Crippen LogP contribution in [0.25, 0.3) is 0 Å². The second kappa shape index (κ2) is 3.97. The fourth-order valence-electron chi connectivity index (χ4n) is 1.52. The predicted molar refractivity (Wildman–Crippen MR) is 44.2 cm³/mol. The van der Waals surface area contributed by atoms with Crippen molar-refractivity contribution in [3.05, 3.63) is 0 Å². The van der Waals surface area contributed by atoms with E-state index in [2.05, 4.69) is 5.32 Å². The Hall–Kier alpha value is -0.820. The molecular weight excluding hydrogens is 215 g/mol. The molecule has 7 heteroatoms. The minimum atomic E-state index is -5.08. The van der Waals surface area contributed by atoms with Gasteiger partial charge in [-0.25, -0.2) is 4.79 Å². The van der Waals surface area contributed by atoms with Gasteiger partial charge in [0, 0.05) is 12.5 Å². The van der Waals surface area contributed by atoms with Crippen molar-refractivity contribution in [3.8, 4) is 0 Å². The summed E-state index contributed by atoms with van der Waals surface area (Å²) in [6.45, 7) is 2.05. The van der Waals surface area contributed by atoms with E-state index < -0.39 is 12.1 Å². The minimum absolute atomic E-state index is 0.217. The zero-order chi connectivity index (χ0) is 11.7. The zero-order valence-electron chi connectivity index (χ0n) is 7.84. The Morgan fingerprint density at radius 3 is 2.27 bits per heavy atom. The molecule has 1 heterocycles. The van der Waals surface area contributed by atoms with Crippen LogP contribution in [0.3, 0.4) is 0 Å². The topological polar surface area (TPSA) is 69.6 Å². The second-order valence-electron chi connectivity index (χ2n) is 3.76. The molecular formula is C8H12F3NO3. The molecule has 0 amide bonds. The highest BCUT2D eigenvalue weighted by Crippen LogP contribution is 2.46. The third-order valence-corrected chi connectivity index (χ3v) is 2.57. The van der Waals surface area contributed by atoms with E-state index in [9.17, 15) is 18.3 Å². The minimum Gasteiger partial charge on any atom is -0.475 e. The maximum absolute atomic E-state index is 10.6. The summed E-state index contributed by atoms with van der Waals surface area (Å²) in [6.07, 6.45) is -3.07. The Labute approximate surface area is 84.1 Å². The Kier molecular flexibility index (Phi) is 3.25. The molecule has 0 bridgehead atoms. The molecule has 2 unspecified atom stereocenters. The molecule has 0 aromatic heterocycles. The molecule has 1 aliphatic carbocycles. The normalized spacial score (nSPS) is 33.5. The number of fused-ring (bicyclic) bond motifs is 1. The molecule has 1 aliphatic heterocycles. The summed E-state index contributed by atoms with van der Waals surface area (Å²) in [5.74, 6) is -2.16. The van der Waals surface area contributed by atoms with Crippen LogP contribution in [0.15, 0.2) is 0 Å². The molecule has 2 aliphatic rings. The molecule has 4 nitrogen and oxygen atoms in total. The van der Waals surface area contributed by atoms with Crippen LogP contribution < -0.4 is 5.32 Å². The number of hydrogen-bond donors (Lipinski definition) is 3. The van der Waals surface area contributed by atoms with E-state index in [0.29, 0.717) is 5.92 Å². The first-order chi connectivity index (χ1) is 6.76. The van der Waals surface area contributed by atoms with E-state index in [1.807, 2.05) is 0 Å². The van der Waals surface area contributed by atoms with E-state index in [1.165, 1.54) is 0 Å². The maximum Gasteiger partial charge on any atom is 0.490 e. The molecule has 1 saturated heterocycles. The van der Waals surface area contributed by atoms with E-state index in [4.69, 9.17) is 9.90 Å². The number of halogens is 3. The standard InChI is InChI=1S/C6H11NO.C2HF3O2/c8-6-1-2-7-4-5(6)3-6;3-2(4,5)1(6)7/h5,7-8H,1-4H2;(H,6,7). The van der Waals surface area contributed by atoms with Crippen LogP contribution in [0.4, 0.5) is 13.2 Å². The first-order valence-electron chi connectivity index (χ1n) is 4.49. The van der Waals surface area contributed by atoms with Gasteiger partial charge in [-0.15, -0.1) is 0 Å². The number of piperidine rings is 1. The number of nitrogens with one attached hydrogen (secondary N) is 1. The molecule has 2 fully saturated rings. The number of rotatable bonds is 0. The first kappa shape index (κ1) is 12.3. The van der Waals surface area contributed by atoms with Crippen molar-refractivity contribution < 1.29 is 28.2 Å². The van der Waals surface area contributed by atoms with Crippen molar-refractivity contribution in [2.24, 2.45) is 5.92 Å². The number of hydrogen-bond acceptors (Lipinski definition) is 3. The smallest absolute Gasteiger partial charge is 0.475 e. The number of aliphatic hydroxyl groups is 1. The van der Waals surface area contributed by atoms with Gasteiger partial charge in [0.2, 0.25) is 0 Å². The van der Waals surface area contributed by atoms with Gasteiger partial charge in [-0.3, -0.25) is 0 Å². The lowest BCUT2D eigenvalue weighted by Gasteiger charge is -2.16. The molecule has 0 spiro atoms. The SMILES string of the molecule is O=C(O)C(F)(F)F.OC12CCNCC1C2. The largest absolute Gasteiger partial charge is 0.490 e. The van der Waals surface area contributed by atoms with Gasteiger partial charge in [0.05, 0.1) is 5.60 Å². The zero-order valence-corrected chi connectivity index (χ0v) is 7.84. The number of carboxylic acids is 1. The third kappa shape index (κ3) is 3.35. The Balaban J connectivity index is 0.000000153. The summed E-state index contributed by atoms with van der Waals surface area (Å²) >= 11 is 0. The van der Waals surface area contributed by atoms with E-state index in [-0.39, 0.29) is 5.60 Å². The van der Waals surface area contributed by atoms with E-state index in [1.54, 1.807) is 0 Å². The lowest BCUT2D eigenvalue weighted by atomic mass is 10.1. The summed E-state index contributed by atoms with van der Waals surface area (Å²) in [4.78, 5) is 8.90. The average Bonchev–Trinajstić information content (AvgIpc) is 2.75. The maximum atomic E-state index is 10.6. The predicted octanol–water partition coefficient (Wildman–Crippen LogP) is 0.364. The van der Waals surface area contributed by atoms with E-state index in [0.717, 1.165) is 25.9 Å². The van der Waals surface area contributed by atoms with Crippen LogP contribution in [0, 0.1) is 5.92 Å². The highest BCUT2D eigenvalue weighted by atomic mass is 19.4. The summed E-state index contributed by atoms with van der Waals surface area (Å²) in [7, 11) is 0. The highest BCUT2D eigenvalue weighted by Gasteiger charge is 2.53. The van der Waals surface area contributed by atoms with Crippen LogP contribution in [0.1, 0.15) is 12.8 Å². The Morgan fingerprint density at radius 2 is 2.00 bits per heavy atom. The average molecular weight is 227 g/mol. The van der Waals surface area contributed by atoms with Gasteiger partial charge in [-0.05, 0) is 19.4 Å². The van der Waals surface area contributed by atoms with Crippen LogP contribution in [0.2, 0.25) is 0 Å². The Bertz CT molecular complexity index is 254. The van der Waals surface area contributed by atoms with Crippen molar-refractivity contribution in [1.82, 2.24) is 5.32 Å². The number of aliphatic carboxylic acids is 1. The van der Waals surface area contributed by atoms with Crippen molar-refractivity contribution in [2.45, 2.75) is 24.6 Å². The third-order valence-electron chi connectivity index (χ3n) is 2.57. The van der Waals surface area contributed by atoms with E-state index >= 15 is 0 Å². The Morgan fingerprint density at radius 1 is 1.47 bits per heavy atom. The molecule has 3 N–H and O–H groups in total. The van der Waals surface area contributed by atoms with Gasteiger partial charge in [0.25, 0.3) is 0 Å². The quantitative estimate of drug-likeness (QED) is 0.559. The van der Waals surface area contributed by atoms with Crippen LogP contribution in [-0.2, 0) is 4.79 Å². The highest BCUT2D eigenvalue weighted by molar-refractivity contribution is 5.73. The second-order valence-corrected chi connectivity index (χ2v) is 3.76. The number of alkyl halides is 3. The van der Waals surface area contributed by atoms with Crippen molar-refractivity contribution >= 4 is 5.97 Å². The monoisotopic (exact) mass is 227 g/mol. The van der Waals surface area contributed by atoms with Crippen LogP contribution >= 0.6 is 0 Å². The van der Waals surface area contributed by atoms with Crippen LogP contribution in [0.5, 0.6) is 0 Å². The molecule has 1 saturated carbocycles. The molecule has 88 valence electrons. The summed E-state index contributed by atoms with van der Waals surface area (Å²) < 4.78 is 31.7. The molecule has 0 aromatic carbocycles. The molecule has 15 heavy (non-hydrogen) atoms. The van der Waals surface area contributed by atoms with Gasteiger partial charge < -0.3 is 15.5 Å². The van der Waals surface area contributed by atoms with Crippen LogP contribution in [-0.4, -0.2) is 41.0 Å². The summed E-state index contributed by atoms with van der Waals surface area (Å²) in [5, 5.41) is 19.8. The lowest BCUT2D eigenvalue weighted by molar-refractivity contribution is -0.192. The summed E-state index contributed by atoms with van der Waals surface area (Å²) in [5.41, 5.74) is -0.217. The first-order valence-corrected chi connectivity index (χ1v) is 4.49. The fourth-order valence-corrected chi connectivity index (χ4v) is 1.52. The van der Waals surface area contributed by atoms with Crippen molar-refractivity contribution in [1.29, 1.82) is 0 Å². The van der Waals surface area contributed by atoms with Crippen molar-refractivity contribution in [3.63, 3.8) is 0 Å². The van der Waals surface area contributed by atoms with Gasteiger partial charge in [-0.1, -0.05) is 0 Å². The van der Waals surface area contributed by atoms with Crippen molar-refractivity contribution in [2.75, 3.05) is 13.1 Å². The van der Waals surface area contributed by atoms with Gasteiger partial charge in [-0.2, -0.15) is 13.2 Å². The molecule has 2 rings (SSSR count). The molecule has 0 aromatic rings. The van der Waals surface area contributed by atoms with Gasteiger partial charge >= 0.3 is 12.1 Å². The fraction of sp³-hybridized carbons (Fsp3) is 0.875. The number of carboxylic acid groups (broad SMARTS) is 1. The summed E-state index contributed by atoms with van der Waals surface area (Å²) in [6, 6.07) is 0.